The van der Waals surface area contributed by atoms with Crippen molar-refractivity contribution in [2.45, 2.75) is 41.2 Å². The summed E-state index contributed by atoms with van der Waals surface area (Å²) in [4.78, 5) is 19.2. The molecule has 4 heteroatoms. The second-order valence-electron chi connectivity index (χ2n) is 6.72. The maximum Gasteiger partial charge on any atom is 0.338 e. The van der Waals surface area contributed by atoms with Crippen molar-refractivity contribution < 1.29 is 9.53 Å². The Morgan fingerprint density at radius 1 is 1.12 bits per heavy atom. The van der Waals surface area contributed by atoms with E-state index in [1.807, 2.05) is 76.3 Å². The van der Waals surface area contributed by atoms with Gasteiger partial charge in [0.15, 0.2) is 0 Å². The number of aliphatic imine (C=N–C) groups is 1. The number of hydrogen-bond donors (Lipinski definition) is 0. The molecular weight excluding hydrogens is 324 g/mol. The molecule has 0 amide bonds. The number of rotatable bonds is 6. The van der Waals surface area contributed by atoms with E-state index in [2.05, 4.69) is 11.9 Å². The number of carbonyl (C=O) groups excluding carboxylic acids is 1. The summed E-state index contributed by atoms with van der Waals surface area (Å²) < 4.78 is 5.51. The fourth-order valence-electron chi connectivity index (χ4n) is 2.63. The molecule has 0 atom stereocenters. The molecule has 2 aromatic carbocycles. The number of benzene rings is 2. The third-order valence-corrected chi connectivity index (χ3v) is 4.65. The van der Waals surface area contributed by atoms with Gasteiger partial charge in [-0.15, -0.1) is 0 Å². The zero-order chi connectivity index (χ0) is 19.3. The molecule has 0 heterocycles. The van der Waals surface area contributed by atoms with Gasteiger partial charge in [0, 0.05) is 13.6 Å². The molecule has 0 bridgehead atoms. The fourth-order valence-corrected chi connectivity index (χ4v) is 2.63. The SMILES string of the molecule is CCN(C)C=Nc1c(C)cc(C(=O)OCc2ccc(C)cc2)c(C)c1C. The summed E-state index contributed by atoms with van der Waals surface area (Å²) in [6, 6.07) is 9.87. The number of ether oxygens (including phenoxy) is 1. The topological polar surface area (TPSA) is 41.9 Å². The van der Waals surface area contributed by atoms with Crippen molar-refractivity contribution in [2.75, 3.05) is 13.6 Å². The molecule has 0 unspecified atom stereocenters. The van der Waals surface area contributed by atoms with Crippen LogP contribution in [0, 0.1) is 27.7 Å². The van der Waals surface area contributed by atoms with Crippen LogP contribution in [0.5, 0.6) is 0 Å². The molecule has 0 aliphatic carbocycles. The average Bonchev–Trinajstić information content (AvgIpc) is 2.63. The van der Waals surface area contributed by atoms with E-state index in [0.717, 1.165) is 34.5 Å². The summed E-state index contributed by atoms with van der Waals surface area (Å²) in [5, 5.41) is 0. The number of esters is 1. The lowest BCUT2D eigenvalue weighted by atomic mass is 9.97. The highest BCUT2D eigenvalue weighted by Gasteiger charge is 2.16. The Morgan fingerprint density at radius 2 is 1.77 bits per heavy atom. The average molecular weight is 352 g/mol. The highest BCUT2D eigenvalue weighted by molar-refractivity contribution is 5.93. The van der Waals surface area contributed by atoms with Gasteiger partial charge in [-0.2, -0.15) is 0 Å². The molecule has 0 N–H and O–H groups in total. The molecule has 26 heavy (non-hydrogen) atoms. The van der Waals surface area contributed by atoms with Crippen LogP contribution in [0.3, 0.4) is 0 Å². The van der Waals surface area contributed by atoms with E-state index in [9.17, 15) is 4.79 Å². The molecule has 0 fully saturated rings. The molecule has 0 spiro atoms. The van der Waals surface area contributed by atoms with E-state index in [-0.39, 0.29) is 12.6 Å². The second-order valence-corrected chi connectivity index (χ2v) is 6.72. The minimum Gasteiger partial charge on any atom is -0.457 e. The van der Waals surface area contributed by atoms with E-state index in [1.54, 1.807) is 0 Å². The quantitative estimate of drug-likeness (QED) is 0.422. The predicted molar refractivity (Wildman–Crippen MR) is 107 cm³/mol. The Labute approximate surface area is 156 Å². The Bertz CT molecular complexity index is 808. The number of nitrogens with zero attached hydrogens (tertiary/aromatic N) is 2. The molecule has 2 aromatic rings. The summed E-state index contributed by atoms with van der Waals surface area (Å²) in [5.74, 6) is -0.296. The van der Waals surface area contributed by atoms with Crippen molar-refractivity contribution in [1.29, 1.82) is 0 Å². The van der Waals surface area contributed by atoms with E-state index in [4.69, 9.17) is 4.74 Å². The van der Waals surface area contributed by atoms with Crippen LogP contribution in [0.2, 0.25) is 0 Å². The Hall–Kier alpha value is -2.62. The first-order valence-electron chi connectivity index (χ1n) is 8.91. The van der Waals surface area contributed by atoms with Crippen molar-refractivity contribution in [1.82, 2.24) is 4.90 Å². The van der Waals surface area contributed by atoms with Crippen molar-refractivity contribution in [2.24, 2.45) is 4.99 Å². The zero-order valence-electron chi connectivity index (χ0n) is 16.6. The van der Waals surface area contributed by atoms with Crippen LogP contribution < -0.4 is 0 Å². The van der Waals surface area contributed by atoms with Crippen LogP contribution >= 0.6 is 0 Å². The van der Waals surface area contributed by atoms with E-state index < -0.39 is 0 Å². The number of aryl methyl sites for hydroxylation is 2. The summed E-state index contributed by atoms with van der Waals surface area (Å²) in [7, 11) is 1.98. The summed E-state index contributed by atoms with van der Waals surface area (Å²) >= 11 is 0. The van der Waals surface area contributed by atoms with Crippen LogP contribution in [-0.2, 0) is 11.3 Å². The molecule has 0 radical (unpaired) electrons. The molecule has 0 aliphatic rings. The van der Waals surface area contributed by atoms with Crippen LogP contribution in [-0.4, -0.2) is 30.8 Å². The van der Waals surface area contributed by atoms with Gasteiger partial charge >= 0.3 is 5.97 Å². The largest absolute Gasteiger partial charge is 0.457 e. The molecule has 0 saturated carbocycles. The summed E-state index contributed by atoms with van der Waals surface area (Å²) in [6.45, 7) is 11.2. The molecule has 0 saturated heterocycles. The lowest BCUT2D eigenvalue weighted by molar-refractivity contribution is 0.0471. The first-order valence-corrected chi connectivity index (χ1v) is 8.91. The van der Waals surface area contributed by atoms with Gasteiger partial charge in [0.25, 0.3) is 0 Å². The third-order valence-electron chi connectivity index (χ3n) is 4.65. The molecule has 138 valence electrons. The fraction of sp³-hybridized carbons (Fsp3) is 0.364. The van der Waals surface area contributed by atoms with Gasteiger partial charge < -0.3 is 9.64 Å². The van der Waals surface area contributed by atoms with Gasteiger partial charge in [0.05, 0.1) is 17.6 Å². The van der Waals surface area contributed by atoms with Crippen molar-refractivity contribution in [3.63, 3.8) is 0 Å². The molecular formula is C22H28N2O2. The van der Waals surface area contributed by atoms with Gasteiger partial charge in [-0.05, 0) is 62.9 Å². The van der Waals surface area contributed by atoms with Gasteiger partial charge in [-0.25, -0.2) is 9.79 Å². The smallest absolute Gasteiger partial charge is 0.338 e. The highest BCUT2D eigenvalue weighted by Crippen LogP contribution is 2.29. The van der Waals surface area contributed by atoms with Crippen LogP contribution in [0.1, 0.15) is 45.1 Å². The maximum atomic E-state index is 12.6. The number of hydrogen-bond acceptors (Lipinski definition) is 3. The highest BCUT2D eigenvalue weighted by atomic mass is 16.5. The van der Waals surface area contributed by atoms with Crippen molar-refractivity contribution in [3.05, 3.63) is 63.7 Å². The zero-order valence-corrected chi connectivity index (χ0v) is 16.6. The molecule has 2 rings (SSSR count). The summed E-state index contributed by atoms with van der Waals surface area (Å²) in [6.07, 6.45) is 1.82. The first-order chi connectivity index (χ1) is 12.3. The minimum atomic E-state index is -0.296. The lowest BCUT2D eigenvalue weighted by Gasteiger charge is -2.15. The number of carbonyl (C=O) groups is 1. The van der Waals surface area contributed by atoms with E-state index in [1.165, 1.54) is 5.56 Å². The van der Waals surface area contributed by atoms with Gasteiger partial charge in [0.2, 0.25) is 0 Å². The monoisotopic (exact) mass is 352 g/mol. The van der Waals surface area contributed by atoms with Crippen molar-refractivity contribution >= 4 is 18.0 Å². The van der Waals surface area contributed by atoms with Crippen LogP contribution in [0.25, 0.3) is 0 Å². The van der Waals surface area contributed by atoms with Gasteiger partial charge in [-0.3, -0.25) is 0 Å². The standard InChI is InChI=1S/C22H28N2O2/c1-7-24(6)14-23-21-16(3)12-20(17(4)18(21)5)22(25)26-13-19-10-8-15(2)9-11-19/h8-12,14H,7,13H2,1-6H3. The Kier molecular flexibility index (Phi) is 6.56. The maximum absolute atomic E-state index is 12.6. The summed E-state index contributed by atoms with van der Waals surface area (Å²) in [5.41, 5.74) is 6.58. The second kappa shape index (κ2) is 8.65. The van der Waals surface area contributed by atoms with E-state index in [0.29, 0.717) is 5.56 Å². The first kappa shape index (κ1) is 19.7. The van der Waals surface area contributed by atoms with Crippen molar-refractivity contribution in [3.8, 4) is 0 Å². The molecule has 0 aromatic heterocycles. The van der Waals surface area contributed by atoms with Crippen LogP contribution in [0.4, 0.5) is 5.69 Å². The predicted octanol–water partition coefficient (Wildman–Crippen LogP) is 4.89. The lowest BCUT2D eigenvalue weighted by Crippen LogP contribution is -2.14. The van der Waals surface area contributed by atoms with Gasteiger partial charge in [-0.1, -0.05) is 29.8 Å². The Balaban J connectivity index is 2.20. The molecule has 4 nitrogen and oxygen atoms in total. The Morgan fingerprint density at radius 3 is 2.38 bits per heavy atom. The van der Waals surface area contributed by atoms with E-state index >= 15 is 0 Å². The normalized spacial score (nSPS) is 11.0. The van der Waals surface area contributed by atoms with Crippen LogP contribution in [0.15, 0.2) is 35.3 Å². The van der Waals surface area contributed by atoms with Gasteiger partial charge in [0.1, 0.15) is 6.61 Å². The minimum absolute atomic E-state index is 0.276. The third kappa shape index (κ3) is 4.72. The molecule has 0 aliphatic heterocycles.